The molecule has 23 heavy (non-hydrogen) atoms. The molecule has 1 atom stereocenters. The van der Waals surface area contributed by atoms with Crippen LogP contribution in [0.4, 0.5) is 5.69 Å². The lowest BCUT2D eigenvalue weighted by atomic mass is 9.98. The highest BCUT2D eigenvalue weighted by molar-refractivity contribution is 6.00. The molecule has 1 aliphatic rings. The first kappa shape index (κ1) is 15.1. The summed E-state index contributed by atoms with van der Waals surface area (Å²) in [7, 11) is 1.54. The number of anilines is 1. The lowest BCUT2D eigenvalue weighted by Gasteiger charge is -2.24. The van der Waals surface area contributed by atoms with Gasteiger partial charge in [0.05, 0.1) is 18.4 Å². The maximum Gasteiger partial charge on any atom is 0.339 e. The molecular formula is C18H17NO4. The van der Waals surface area contributed by atoms with E-state index >= 15 is 0 Å². The number of hydrogen-bond donors (Lipinski definition) is 1. The molecule has 0 radical (unpaired) electrons. The van der Waals surface area contributed by atoms with E-state index in [1.165, 1.54) is 7.11 Å². The Hall–Kier alpha value is -2.82. The molecule has 1 amide bonds. The fraction of sp³-hybridized carbons (Fsp3) is 0.222. The summed E-state index contributed by atoms with van der Waals surface area (Å²) in [4.78, 5) is 24.5. The van der Waals surface area contributed by atoms with Crippen LogP contribution < -0.4 is 10.1 Å². The Labute approximate surface area is 134 Å². The molecule has 0 saturated heterocycles. The molecule has 0 saturated carbocycles. The predicted octanol–water partition coefficient (Wildman–Crippen LogP) is 2.72. The van der Waals surface area contributed by atoms with E-state index in [2.05, 4.69) is 5.32 Å². The van der Waals surface area contributed by atoms with Gasteiger partial charge in [-0.3, -0.25) is 4.79 Å². The first-order chi connectivity index (χ1) is 11.1. The molecule has 0 aromatic heterocycles. The third kappa shape index (κ3) is 3.04. The lowest BCUT2D eigenvalue weighted by Crippen LogP contribution is -2.38. The van der Waals surface area contributed by atoms with Gasteiger partial charge in [-0.1, -0.05) is 24.3 Å². The highest BCUT2D eigenvalue weighted by Gasteiger charge is 2.31. The van der Waals surface area contributed by atoms with Crippen LogP contribution in [0.25, 0.3) is 0 Å². The van der Waals surface area contributed by atoms with Gasteiger partial charge in [0.25, 0.3) is 5.91 Å². The molecule has 5 nitrogen and oxygen atoms in total. The van der Waals surface area contributed by atoms with Crippen molar-refractivity contribution in [3.8, 4) is 5.75 Å². The van der Waals surface area contributed by atoms with Crippen LogP contribution in [0.5, 0.6) is 5.75 Å². The van der Waals surface area contributed by atoms with Crippen LogP contribution >= 0.6 is 0 Å². The fourth-order valence-corrected chi connectivity index (χ4v) is 2.61. The molecule has 0 fully saturated rings. The van der Waals surface area contributed by atoms with Crippen molar-refractivity contribution in [2.24, 2.45) is 0 Å². The van der Waals surface area contributed by atoms with Gasteiger partial charge in [-0.15, -0.1) is 0 Å². The monoisotopic (exact) mass is 311 g/mol. The van der Waals surface area contributed by atoms with Gasteiger partial charge in [0, 0.05) is 6.42 Å². The van der Waals surface area contributed by atoms with Gasteiger partial charge in [0.1, 0.15) is 5.75 Å². The Morgan fingerprint density at radius 2 is 2.04 bits per heavy atom. The summed E-state index contributed by atoms with van der Waals surface area (Å²) < 4.78 is 10.5. The number of cyclic esters (lactones) is 1. The molecule has 0 spiro atoms. The molecule has 0 bridgehead atoms. The third-order valence-electron chi connectivity index (χ3n) is 3.80. The molecule has 3 rings (SSSR count). The van der Waals surface area contributed by atoms with Crippen molar-refractivity contribution in [2.75, 3.05) is 12.4 Å². The summed E-state index contributed by atoms with van der Waals surface area (Å²) in [5.41, 5.74) is 2.89. The minimum atomic E-state index is -0.845. The summed E-state index contributed by atoms with van der Waals surface area (Å²) in [5.74, 6) is -0.272. The number of esters is 1. The number of hydrogen-bond acceptors (Lipinski definition) is 4. The van der Waals surface area contributed by atoms with Crippen LogP contribution in [0.2, 0.25) is 0 Å². The largest absolute Gasteiger partial charge is 0.495 e. The fourth-order valence-electron chi connectivity index (χ4n) is 2.61. The van der Waals surface area contributed by atoms with Crippen molar-refractivity contribution in [2.45, 2.75) is 19.4 Å². The minimum Gasteiger partial charge on any atom is -0.495 e. The number of ether oxygens (including phenoxy) is 2. The average Bonchev–Trinajstić information content (AvgIpc) is 2.55. The van der Waals surface area contributed by atoms with Crippen LogP contribution in [0.15, 0.2) is 42.5 Å². The van der Waals surface area contributed by atoms with E-state index in [4.69, 9.17) is 9.47 Å². The Balaban J connectivity index is 1.80. The smallest absolute Gasteiger partial charge is 0.339 e. The van der Waals surface area contributed by atoms with Gasteiger partial charge < -0.3 is 14.8 Å². The second-order valence-electron chi connectivity index (χ2n) is 5.45. The molecule has 1 heterocycles. The van der Waals surface area contributed by atoms with Gasteiger partial charge >= 0.3 is 5.97 Å². The second-order valence-corrected chi connectivity index (χ2v) is 5.45. The van der Waals surface area contributed by atoms with Gasteiger partial charge in [-0.25, -0.2) is 4.79 Å². The van der Waals surface area contributed by atoms with E-state index in [1.54, 1.807) is 18.2 Å². The van der Waals surface area contributed by atoms with Gasteiger partial charge in [-0.05, 0) is 36.2 Å². The summed E-state index contributed by atoms with van der Waals surface area (Å²) in [6.45, 7) is 1.92. The number of carbonyl (C=O) groups is 2. The highest BCUT2D eigenvalue weighted by Crippen LogP contribution is 2.27. The predicted molar refractivity (Wildman–Crippen MR) is 85.7 cm³/mol. The van der Waals surface area contributed by atoms with Crippen molar-refractivity contribution in [3.05, 3.63) is 59.2 Å². The number of benzene rings is 2. The maximum absolute atomic E-state index is 12.5. The van der Waals surface area contributed by atoms with Crippen LogP contribution in [0, 0.1) is 6.92 Å². The SMILES string of the molecule is COc1ccc(C)cc1NC(=O)[C@H]1Cc2ccccc2C(=O)O1. The summed E-state index contributed by atoms with van der Waals surface area (Å²) >= 11 is 0. The highest BCUT2D eigenvalue weighted by atomic mass is 16.5. The van der Waals surface area contributed by atoms with Crippen molar-refractivity contribution < 1.29 is 19.1 Å². The summed E-state index contributed by atoms with van der Waals surface area (Å²) in [6.07, 6.45) is -0.482. The van der Waals surface area contributed by atoms with Gasteiger partial charge in [0.15, 0.2) is 6.10 Å². The zero-order valence-corrected chi connectivity index (χ0v) is 13.0. The first-order valence-corrected chi connectivity index (χ1v) is 7.33. The Bertz CT molecular complexity index is 769. The number of rotatable bonds is 3. The zero-order valence-electron chi connectivity index (χ0n) is 13.0. The first-order valence-electron chi connectivity index (χ1n) is 7.33. The number of carbonyl (C=O) groups excluding carboxylic acids is 2. The molecule has 2 aromatic rings. The summed E-state index contributed by atoms with van der Waals surface area (Å²) in [5, 5.41) is 2.78. The average molecular weight is 311 g/mol. The molecule has 5 heteroatoms. The maximum atomic E-state index is 12.5. The normalized spacial score (nSPS) is 16.3. The Morgan fingerprint density at radius 1 is 1.26 bits per heavy atom. The van der Waals surface area contributed by atoms with E-state index in [-0.39, 0.29) is 5.91 Å². The Morgan fingerprint density at radius 3 is 2.83 bits per heavy atom. The van der Waals surface area contributed by atoms with Crippen molar-refractivity contribution in [1.29, 1.82) is 0 Å². The molecule has 1 N–H and O–H groups in total. The van der Waals surface area contributed by atoms with E-state index < -0.39 is 12.1 Å². The van der Waals surface area contributed by atoms with Gasteiger partial charge in [0.2, 0.25) is 0 Å². The quantitative estimate of drug-likeness (QED) is 0.885. The molecule has 1 aliphatic heterocycles. The Kier molecular flexibility index (Phi) is 4.02. The van der Waals surface area contributed by atoms with E-state index in [0.717, 1.165) is 11.1 Å². The molecule has 0 aliphatic carbocycles. The molecular weight excluding hydrogens is 294 g/mol. The molecule has 118 valence electrons. The van der Waals surface area contributed by atoms with Crippen LogP contribution in [0.3, 0.4) is 0 Å². The number of amides is 1. The zero-order chi connectivity index (χ0) is 16.4. The van der Waals surface area contributed by atoms with Crippen LogP contribution in [0.1, 0.15) is 21.5 Å². The molecule has 2 aromatic carbocycles. The van der Waals surface area contributed by atoms with Crippen LogP contribution in [-0.4, -0.2) is 25.1 Å². The van der Waals surface area contributed by atoms with Crippen molar-refractivity contribution >= 4 is 17.6 Å². The van der Waals surface area contributed by atoms with E-state index in [9.17, 15) is 9.59 Å². The number of nitrogens with one attached hydrogen (secondary N) is 1. The van der Waals surface area contributed by atoms with Gasteiger partial charge in [-0.2, -0.15) is 0 Å². The second kappa shape index (κ2) is 6.12. The molecule has 0 unspecified atom stereocenters. The number of aryl methyl sites for hydroxylation is 1. The minimum absolute atomic E-state index is 0.363. The van der Waals surface area contributed by atoms with Crippen molar-refractivity contribution in [3.63, 3.8) is 0 Å². The lowest BCUT2D eigenvalue weighted by molar-refractivity contribution is -0.125. The summed E-state index contributed by atoms with van der Waals surface area (Å²) in [6, 6.07) is 12.7. The van der Waals surface area contributed by atoms with Crippen LogP contribution in [-0.2, 0) is 16.0 Å². The third-order valence-corrected chi connectivity index (χ3v) is 3.80. The van der Waals surface area contributed by atoms with E-state index in [0.29, 0.717) is 23.4 Å². The standard InChI is InChI=1S/C18H17NO4/c1-11-7-8-15(22-2)14(9-11)19-17(20)16-10-12-5-3-4-6-13(12)18(21)23-16/h3-9,16H,10H2,1-2H3,(H,19,20)/t16-/m1/s1. The van der Waals surface area contributed by atoms with Crippen molar-refractivity contribution in [1.82, 2.24) is 0 Å². The topological polar surface area (TPSA) is 64.6 Å². The number of fused-ring (bicyclic) bond motifs is 1. The number of methoxy groups -OCH3 is 1. The van der Waals surface area contributed by atoms with E-state index in [1.807, 2.05) is 31.2 Å².